The number of thioether (sulfide) groups is 2. The quantitative estimate of drug-likeness (QED) is 0.00550. The van der Waals surface area contributed by atoms with Crippen LogP contribution in [-0.2, 0) is 69.4 Å². The van der Waals surface area contributed by atoms with E-state index in [9.17, 15) is 68.9 Å². The molecule has 0 amide bonds. The molecule has 0 unspecified atom stereocenters. The van der Waals surface area contributed by atoms with Crippen LogP contribution in [0.15, 0.2) is 154 Å². The van der Waals surface area contributed by atoms with E-state index in [0.29, 0.717) is 72.9 Å². The van der Waals surface area contributed by atoms with Crippen molar-refractivity contribution in [1.82, 2.24) is 4.57 Å². The number of phenolic OH excluding ortho intramolecular Hbond substituents is 2. The van der Waals surface area contributed by atoms with Crippen molar-refractivity contribution >= 4 is 76.3 Å². The fraction of sp³-hybridized carbons (Fsp3) is 0.597. The molecule has 17 atom stereocenters. The molecule has 0 saturated carbocycles. The van der Waals surface area contributed by atoms with E-state index in [1.54, 1.807) is 38.1 Å². The molecule has 1 aromatic heterocycles. The number of aromatic nitrogens is 1. The number of aryl methyl sites for hydroxylation is 2. The summed E-state index contributed by atoms with van der Waals surface area (Å²) >= 11 is 3.66. The van der Waals surface area contributed by atoms with Crippen LogP contribution in [0, 0.1) is 83.8 Å². The van der Waals surface area contributed by atoms with Gasteiger partial charge in [0.2, 0.25) is 0 Å². The minimum absolute atomic E-state index is 0. The standard InChI is InChI=1S/C31H48O2S2.C25H38O5.C24H26FNO4.C24H36O5.C15H22O3.Na/c1-27(2,3)21-15-19(16-22(25(21)32)28(4,5)6)34-31(13,14)35-20-17-23(29(7,8)9)26(33)24(18-20)30(10,11)12;1-6-25(4,5)24(28)30-21-12-15(2)11-17-8-7-16(3)20(23(17)21)10-9-19-13-18(26)14-22(27)29-19;1-15(2)26-21-6-4-3-5-20(21)24(16-7-9-17(25)10-8-16)22(26)12-11-18(27)13-19(28)14-23(29)30;1-5-15(3)24(27)29-21-11-14(2)10-17-7-6-16(4)20(23(17)21)9-8-19-12-18(25)13-22(26)28-19;1-11-6-7-12(2)13(10-11)18-9-5-8-15(3,4)14(16)17;/h15-18,32-33H,1-14H3;7-8,11,15-16,18-21,23,26H,6,9-10,12-14H2,1-5H3;3-12,15,18-19,27-28H,13-14H2,1-2H3,(H,29,30);6-7,10,14-16,18-21,23,25H,5,8-9,11-13H2,1-4H3;6-7,10H,5,8-9H2,1-4H3,(H,16,17);/q;;;;;+1/p-1/b;;12-11+;;;/t;15-,16-,18+,19+,20-,21-,23-;18-,19-;14-,15-,16-,18+,19+,20-,21-,23-;;/m.010../s1. The molecule has 0 spiro atoms. The Morgan fingerprint density at radius 1 is 0.608 bits per heavy atom. The Kier molecular flexibility index (Phi) is 44.6. The molecule has 3 heterocycles. The Hall–Kier alpha value is -7.97. The van der Waals surface area contributed by atoms with Crippen LogP contribution in [0.2, 0.25) is 0 Å². The average Bonchev–Trinajstić information content (AvgIpc) is 1.61. The van der Waals surface area contributed by atoms with E-state index in [4.69, 9.17) is 28.8 Å². The molecule has 24 heteroatoms. The average molecular weight is 2020 g/mol. The fourth-order valence-corrected chi connectivity index (χ4v) is 22.4. The summed E-state index contributed by atoms with van der Waals surface area (Å²) in [6.45, 7) is 61.2. The SMILES string of the molecule is CC(C)(Sc1cc(C(C)(C)C)c(O)c(C(C)(C)C)c1)Sc1cc(C(C)(C)C)c(O)c(C(C)(C)C)c1.CC(C)n1c(/C=C/[C@@H](O)C[C@@H](O)CC(=O)[O-])c(-c2ccc(F)cc2)c2ccccc21.CCC(C)(C)C(=O)O[C@H]1C[C@@H](C)C=C2C=C[C@H](C)[C@H](CC[C@@H]3C[C@@H](O)CC(=O)O3)[C@H]21.CC[C@H](C)C(=O)O[C@H]1C[C@@H](C)C=C2C=C[C@H](C)[C@H](CC[C@@H]3C[C@@H](O)CC(=O)O3)[C@H]21.Cc1ccc(C)c(OCCCC(C)(C)C(=O)O)c1.[Na+]. The molecule has 2 saturated heterocycles. The van der Waals surface area contributed by atoms with E-state index in [0.717, 1.165) is 119 Å². The first kappa shape index (κ1) is 122. The molecule has 20 nitrogen and oxygen atoms in total. The third-order valence-corrected chi connectivity index (χ3v) is 31.0. The summed E-state index contributed by atoms with van der Waals surface area (Å²) < 4.78 is 44.3. The summed E-state index contributed by atoms with van der Waals surface area (Å²) in [6.07, 6.45) is 21.1. The third-order valence-electron chi connectivity index (χ3n) is 28.5. The number of hydrogen-bond donors (Lipinski definition) is 7. The summed E-state index contributed by atoms with van der Waals surface area (Å²) in [5.74, 6) is 0.824. The van der Waals surface area contributed by atoms with E-state index >= 15 is 0 Å². The molecule has 7 N–H and O–H groups in total. The maximum atomic E-state index is 13.5. The van der Waals surface area contributed by atoms with Crippen molar-refractivity contribution in [1.29, 1.82) is 0 Å². The van der Waals surface area contributed by atoms with Gasteiger partial charge in [-0.2, -0.15) is 0 Å². The van der Waals surface area contributed by atoms with Crippen LogP contribution in [0.4, 0.5) is 4.39 Å². The summed E-state index contributed by atoms with van der Waals surface area (Å²) in [6, 6.07) is 29.0. The minimum atomic E-state index is -1.36. The molecule has 2 fully saturated rings. The molecule has 2 aliphatic heterocycles. The maximum Gasteiger partial charge on any atom is 1.00 e. The first-order valence-electron chi connectivity index (χ1n) is 51.6. The minimum Gasteiger partial charge on any atom is -0.550 e. The predicted octanol–water partition coefficient (Wildman–Crippen LogP) is 22.6. The number of aliphatic carboxylic acids is 2. The van der Waals surface area contributed by atoms with Gasteiger partial charge in [0.15, 0.2) is 0 Å². The van der Waals surface area contributed by atoms with Gasteiger partial charge < -0.3 is 73.9 Å². The van der Waals surface area contributed by atoms with Crippen LogP contribution in [0.5, 0.6) is 17.2 Å². The zero-order valence-corrected chi connectivity index (χ0v) is 95.0. The Bertz CT molecular complexity index is 5280. The summed E-state index contributed by atoms with van der Waals surface area (Å²) in [5, 5.41) is 82.7. The topological polar surface area (TPSA) is 318 Å². The van der Waals surface area contributed by atoms with E-state index in [2.05, 4.69) is 210 Å². The van der Waals surface area contributed by atoms with E-state index in [1.807, 2.05) is 108 Å². The number of ether oxygens (including phenoxy) is 5. The van der Waals surface area contributed by atoms with Crippen LogP contribution < -0.4 is 39.4 Å². The van der Waals surface area contributed by atoms with Crippen LogP contribution in [0.25, 0.3) is 28.1 Å². The van der Waals surface area contributed by atoms with Crippen LogP contribution >= 0.6 is 23.5 Å². The van der Waals surface area contributed by atoms with Crippen molar-refractivity contribution in [2.75, 3.05) is 6.61 Å². The molecule has 0 bridgehead atoms. The van der Waals surface area contributed by atoms with Crippen molar-refractivity contribution in [3.63, 3.8) is 0 Å². The van der Waals surface area contributed by atoms with E-state index < -0.39 is 53.6 Å². The van der Waals surface area contributed by atoms with Crippen molar-refractivity contribution in [2.24, 2.45) is 64.1 Å². The number of benzene rings is 5. The molecule has 5 aromatic carbocycles. The van der Waals surface area contributed by atoms with Gasteiger partial charge in [0.25, 0.3) is 0 Å². The number of carbonyl (C=O) groups is 6. The van der Waals surface area contributed by atoms with E-state index in [1.165, 1.54) is 38.6 Å². The Morgan fingerprint density at radius 2 is 1.06 bits per heavy atom. The molecule has 143 heavy (non-hydrogen) atoms. The summed E-state index contributed by atoms with van der Waals surface area (Å²) in [4.78, 5) is 72.7. The smallest absolute Gasteiger partial charge is 0.550 e. The van der Waals surface area contributed by atoms with Gasteiger partial charge in [0.05, 0.1) is 64.7 Å². The van der Waals surface area contributed by atoms with Gasteiger partial charge in [-0.25, -0.2) is 4.39 Å². The Labute approximate surface area is 884 Å². The van der Waals surface area contributed by atoms with Crippen molar-refractivity contribution in [3.8, 4) is 28.4 Å². The van der Waals surface area contributed by atoms with Gasteiger partial charge in [-0.1, -0.05) is 217 Å². The van der Waals surface area contributed by atoms with Gasteiger partial charge in [0, 0.05) is 104 Å². The van der Waals surface area contributed by atoms with Gasteiger partial charge in [-0.3, -0.25) is 24.0 Å². The number of carboxylic acid groups (broad SMARTS) is 2. The maximum absolute atomic E-state index is 13.5. The number of carboxylic acids is 2. The van der Waals surface area contributed by atoms with Crippen LogP contribution in [-0.4, -0.2) is 136 Å². The zero-order chi connectivity index (χ0) is 106. The number of carbonyl (C=O) groups excluding carboxylic acids is 5. The predicted molar refractivity (Wildman–Crippen MR) is 568 cm³/mol. The number of para-hydroxylation sites is 1. The molecule has 4 aliphatic carbocycles. The van der Waals surface area contributed by atoms with Crippen molar-refractivity contribution < 1.29 is 127 Å². The number of rotatable bonds is 30. The largest absolute Gasteiger partial charge is 1.00 e. The second-order valence-corrected chi connectivity index (χ2v) is 50.6. The first-order chi connectivity index (χ1) is 65.9. The number of halogens is 1. The van der Waals surface area contributed by atoms with Gasteiger partial charge in [-0.05, 0) is 273 Å². The Balaban J connectivity index is 0.000000245. The number of cyclic esters (lactones) is 2. The Morgan fingerprint density at radius 3 is 1.48 bits per heavy atom. The fourth-order valence-electron chi connectivity index (χ4n) is 19.8. The van der Waals surface area contributed by atoms with Gasteiger partial charge in [0.1, 0.15) is 47.5 Å². The second kappa shape index (κ2) is 52.3. The summed E-state index contributed by atoms with van der Waals surface area (Å²) in [5.41, 5.74) is 10.6. The number of allylic oxidation sites excluding steroid dienone is 6. The molecule has 0 radical (unpaired) electrons. The molecular formula is C119H169FNNaO19S2. The number of aliphatic hydroxyl groups excluding tert-OH is 4. The molecule has 6 aromatic rings. The normalized spacial score (nSPS) is 23.1. The zero-order valence-electron chi connectivity index (χ0n) is 91.4. The number of fused-ring (bicyclic) bond motifs is 3. The number of phenols is 2. The first-order valence-corrected chi connectivity index (χ1v) is 53.2. The molecule has 6 aliphatic rings. The second-order valence-electron chi connectivity index (χ2n) is 47.0. The number of aliphatic hydroxyl groups is 4. The van der Waals surface area contributed by atoms with E-state index in [-0.39, 0.29) is 152 Å². The number of esters is 4. The molecular weight excluding hydrogens is 1850 g/mol. The van der Waals surface area contributed by atoms with Gasteiger partial charge >= 0.3 is 59.4 Å². The molecule has 12 rings (SSSR count). The van der Waals surface area contributed by atoms with Gasteiger partial charge in [-0.15, -0.1) is 23.5 Å². The third kappa shape index (κ3) is 35.1. The number of hydrogen-bond acceptors (Lipinski definition) is 20. The monoisotopic (exact) mass is 2020 g/mol. The number of nitrogens with zero attached hydrogens (tertiary/aromatic N) is 1. The van der Waals surface area contributed by atoms with Crippen LogP contribution in [0.3, 0.4) is 0 Å². The number of aromatic hydroxyl groups is 2. The summed E-state index contributed by atoms with van der Waals surface area (Å²) in [7, 11) is 0. The van der Waals surface area contributed by atoms with Crippen molar-refractivity contribution in [3.05, 3.63) is 190 Å². The van der Waals surface area contributed by atoms with Crippen LogP contribution in [0.1, 0.15) is 335 Å². The van der Waals surface area contributed by atoms with Crippen molar-refractivity contribution in [2.45, 2.75) is 394 Å². The molecule has 784 valence electrons.